The Morgan fingerprint density at radius 1 is 1.19 bits per heavy atom. The molecule has 2 atom stereocenters. The number of amides is 1. The fourth-order valence-corrected chi connectivity index (χ4v) is 4.77. The molecule has 3 heterocycles. The molecule has 0 unspecified atom stereocenters. The lowest BCUT2D eigenvalue weighted by molar-refractivity contribution is -0.134. The van der Waals surface area contributed by atoms with E-state index in [0.29, 0.717) is 17.8 Å². The highest BCUT2D eigenvalue weighted by Crippen LogP contribution is 2.37. The van der Waals surface area contributed by atoms with Crippen molar-refractivity contribution < 1.29 is 14.3 Å². The van der Waals surface area contributed by atoms with Crippen molar-refractivity contribution in [3.63, 3.8) is 0 Å². The van der Waals surface area contributed by atoms with Gasteiger partial charge in [-0.3, -0.25) is 4.79 Å². The van der Waals surface area contributed by atoms with E-state index in [2.05, 4.69) is 24.8 Å². The van der Waals surface area contributed by atoms with Crippen LogP contribution in [0.3, 0.4) is 0 Å². The number of aryl methyl sites for hydroxylation is 1. The van der Waals surface area contributed by atoms with Crippen LogP contribution in [-0.2, 0) is 4.79 Å². The second kappa shape index (κ2) is 6.99. The van der Waals surface area contributed by atoms with Crippen molar-refractivity contribution in [2.75, 3.05) is 12.5 Å². The molecule has 2 aromatic rings. The first-order valence-electron chi connectivity index (χ1n) is 9.18. The number of hydrogen-bond donors (Lipinski definition) is 0. The number of ether oxygens (including phenoxy) is 2. The lowest BCUT2D eigenvalue weighted by Crippen LogP contribution is -2.48. The number of pyridine rings is 1. The number of rotatable bonds is 3. The standard InChI is InChI=1S/C20H24N2O3S/c1-12-7-15-8-17-18(25-11-24-17)9-16(15)21-20(12)26-10-19(23)22-13(2)5-4-6-14(22)3/h7-9,13-14H,4-6,10-11H2,1-3H3/t13-,14+. The lowest BCUT2D eigenvalue weighted by Gasteiger charge is -2.39. The quantitative estimate of drug-likeness (QED) is 0.758. The van der Waals surface area contributed by atoms with Crippen molar-refractivity contribution in [2.45, 2.75) is 57.1 Å². The van der Waals surface area contributed by atoms with E-state index in [1.165, 1.54) is 18.2 Å². The predicted molar refractivity (Wildman–Crippen MR) is 103 cm³/mol. The van der Waals surface area contributed by atoms with E-state index < -0.39 is 0 Å². The molecule has 0 N–H and O–H groups in total. The summed E-state index contributed by atoms with van der Waals surface area (Å²) in [7, 11) is 0. The number of benzene rings is 1. The molecule has 26 heavy (non-hydrogen) atoms. The Morgan fingerprint density at radius 3 is 2.62 bits per heavy atom. The number of hydrogen-bond acceptors (Lipinski definition) is 5. The van der Waals surface area contributed by atoms with Gasteiger partial charge in [-0.05, 0) is 57.7 Å². The smallest absolute Gasteiger partial charge is 0.233 e. The number of carbonyl (C=O) groups excluding carboxylic acids is 1. The first-order chi connectivity index (χ1) is 12.5. The second-order valence-corrected chi connectivity index (χ2v) is 8.19. The molecule has 1 amide bonds. The van der Waals surface area contributed by atoms with Gasteiger partial charge in [-0.1, -0.05) is 11.8 Å². The molecule has 0 spiro atoms. The summed E-state index contributed by atoms with van der Waals surface area (Å²) in [5.74, 6) is 2.14. The summed E-state index contributed by atoms with van der Waals surface area (Å²) in [6.45, 7) is 6.60. The Labute approximate surface area is 158 Å². The van der Waals surface area contributed by atoms with Crippen LogP contribution in [0, 0.1) is 6.92 Å². The minimum absolute atomic E-state index is 0.210. The number of thioether (sulfide) groups is 1. The highest BCUT2D eigenvalue weighted by Gasteiger charge is 2.28. The van der Waals surface area contributed by atoms with E-state index in [9.17, 15) is 4.79 Å². The highest BCUT2D eigenvalue weighted by molar-refractivity contribution is 7.99. The fraction of sp³-hybridized carbons (Fsp3) is 0.500. The van der Waals surface area contributed by atoms with E-state index in [1.54, 1.807) is 0 Å². The van der Waals surface area contributed by atoms with E-state index in [1.807, 2.05) is 19.1 Å². The second-order valence-electron chi connectivity index (χ2n) is 7.23. The molecule has 5 nitrogen and oxygen atoms in total. The van der Waals surface area contributed by atoms with Gasteiger partial charge in [-0.2, -0.15) is 0 Å². The molecule has 2 aliphatic heterocycles. The van der Waals surface area contributed by atoms with E-state index in [0.717, 1.165) is 45.8 Å². The van der Waals surface area contributed by atoms with Gasteiger partial charge >= 0.3 is 0 Å². The van der Waals surface area contributed by atoms with Gasteiger partial charge in [0.05, 0.1) is 11.3 Å². The van der Waals surface area contributed by atoms with Crippen molar-refractivity contribution in [1.82, 2.24) is 9.88 Å². The SMILES string of the molecule is Cc1cc2cc3c(cc2nc1SCC(=O)N1[C@H](C)CCC[C@@H]1C)OCO3. The van der Waals surface area contributed by atoms with Crippen LogP contribution in [0.5, 0.6) is 11.5 Å². The number of carbonyl (C=O) groups is 1. The summed E-state index contributed by atoms with van der Waals surface area (Å²) in [6, 6.07) is 6.64. The number of aromatic nitrogens is 1. The number of likely N-dealkylation sites (tertiary alicyclic amines) is 1. The highest BCUT2D eigenvalue weighted by atomic mass is 32.2. The van der Waals surface area contributed by atoms with Crippen molar-refractivity contribution >= 4 is 28.6 Å². The first-order valence-corrected chi connectivity index (χ1v) is 10.2. The van der Waals surface area contributed by atoms with Crippen molar-refractivity contribution in [2.24, 2.45) is 0 Å². The topological polar surface area (TPSA) is 51.7 Å². The normalized spacial score (nSPS) is 22.0. The third-order valence-corrected chi connectivity index (χ3v) is 6.35. The van der Waals surface area contributed by atoms with Crippen LogP contribution in [0.4, 0.5) is 0 Å². The van der Waals surface area contributed by atoms with Gasteiger partial charge in [-0.25, -0.2) is 4.98 Å². The molecule has 0 radical (unpaired) electrons. The van der Waals surface area contributed by atoms with Crippen LogP contribution < -0.4 is 9.47 Å². The first kappa shape index (κ1) is 17.5. The fourth-order valence-electron chi connectivity index (χ4n) is 3.92. The lowest BCUT2D eigenvalue weighted by atomic mass is 9.98. The molecule has 2 aliphatic rings. The monoisotopic (exact) mass is 372 g/mol. The van der Waals surface area contributed by atoms with Gasteiger partial charge in [0.25, 0.3) is 0 Å². The molecular formula is C20H24N2O3S. The molecule has 1 fully saturated rings. The zero-order valence-corrected chi connectivity index (χ0v) is 16.3. The summed E-state index contributed by atoms with van der Waals surface area (Å²) in [5.41, 5.74) is 1.95. The molecule has 1 saturated heterocycles. The van der Waals surface area contributed by atoms with Crippen LogP contribution in [0.2, 0.25) is 0 Å². The maximum absolute atomic E-state index is 12.8. The largest absolute Gasteiger partial charge is 0.454 e. The van der Waals surface area contributed by atoms with Gasteiger partial charge < -0.3 is 14.4 Å². The Kier molecular flexibility index (Phi) is 4.69. The Balaban J connectivity index is 1.52. The summed E-state index contributed by atoms with van der Waals surface area (Å²) in [5, 5.41) is 1.93. The molecule has 4 rings (SSSR count). The van der Waals surface area contributed by atoms with E-state index >= 15 is 0 Å². The maximum Gasteiger partial charge on any atom is 0.233 e. The van der Waals surface area contributed by atoms with Gasteiger partial charge in [0, 0.05) is 23.5 Å². The minimum Gasteiger partial charge on any atom is -0.454 e. The summed E-state index contributed by atoms with van der Waals surface area (Å²) in [6.07, 6.45) is 3.41. The summed E-state index contributed by atoms with van der Waals surface area (Å²) >= 11 is 1.53. The summed E-state index contributed by atoms with van der Waals surface area (Å²) in [4.78, 5) is 19.6. The molecule has 1 aromatic heterocycles. The molecule has 6 heteroatoms. The Hall–Kier alpha value is -1.95. The third kappa shape index (κ3) is 3.22. The number of fused-ring (bicyclic) bond motifs is 2. The van der Waals surface area contributed by atoms with Gasteiger partial charge in [0.2, 0.25) is 12.7 Å². The van der Waals surface area contributed by atoms with E-state index in [-0.39, 0.29) is 12.7 Å². The van der Waals surface area contributed by atoms with Gasteiger partial charge in [-0.15, -0.1) is 0 Å². The third-order valence-electron chi connectivity index (χ3n) is 5.27. The predicted octanol–water partition coefficient (Wildman–Crippen LogP) is 4.15. The Morgan fingerprint density at radius 2 is 1.88 bits per heavy atom. The molecule has 0 aliphatic carbocycles. The minimum atomic E-state index is 0.210. The zero-order chi connectivity index (χ0) is 18.3. The van der Waals surface area contributed by atoms with Crippen LogP contribution >= 0.6 is 11.8 Å². The van der Waals surface area contributed by atoms with Crippen LogP contribution in [0.15, 0.2) is 23.2 Å². The summed E-state index contributed by atoms with van der Waals surface area (Å²) < 4.78 is 10.9. The van der Waals surface area contributed by atoms with E-state index in [4.69, 9.17) is 14.5 Å². The zero-order valence-electron chi connectivity index (χ0n) is 15.4. The van der Waals surface area contributed by atoms with Crippen molar-refractivity contribution in [3.05, 3.63) is 23.8 Å². The Bertz CT molecular complexity index is 845. The average Bonchev–Trinajstić information content (AvgIpc) is 3.05. The molecule has 0 saturated carbocycles. The van der Waals surface area contributed by atoms with Crippen LogP contribution in [0.25, 0.3) is 10.9 Å². The average molecular weight is 372 g/mol. The number of nitrogens with zero attached hydrogens (tertiary/aromatic N) is 2. The van der Waals surface area contributed by atoms with Gasteiger partial charge in [0.1, 0.15) is 5.03 Å². The van der Waals surface area contributed by atoms with Crippen LogP contribution in [0.1, 0.15) is 38.7 Å². The van der Waals surface area contributed by atoms with Crippen molar-refractivity contribution in [3.8, 4) is 11.5 Å². The van der Waals surface area contributed by atoms with Crippen LogP contribution in [-0.4, -0.2) is 40.4 Å². The van der Waals surface area contributed by atoms with Gasteiger partial charge in [0.15, 0.2) is 11.5 Å². The molecule has 0 bridgehead atoms. The maximum atomic E-state index is 12.8. The van der Waals surface area contributed by atoms with Crippen molar-refractivity contribution in [1.29, 1.82) is 0 Å². The molecule has 1 aromatic carbocycles. The molecule has 138 valence electrons. The number of piperidine rings is 1. The molecular weight excluding hydrogens is 348 g/mol.